The zero-order valence-corrected chi connectivity index (χ0v) is 16.4. The van der Waals surface area contributed by atoms with E-state index in [1.54, 1.807) is 43.5 Å². The summed E-state index contributed by atoms with van der Waals surface area (Å²) in [6.45, 7) is 1.93. The standard InChI is InChI=1S/C20H19ClN4O3/c1-12-4-5-13(10-15(12)21)22-19-9-7-16(24-25-19)20(26)23-17-11-14(27-2)6-8-18(17)28-3/h4-11H,1-3H3,(H,22,25)(H,23,26). The van der Waals surface area contributed by atoms with Gasteiger partial charge in [0.15, 0.2) is 11.5 Å². The summed E-state index contributed by atoms with van der Waals surface area (Å²) in [5.41, 5.74) is 2.41. The summed E-state index contributed by atoms with van der Waals surface area (Å²) < 4.78 is 10.4. The molecule has 3 rings (SSSR count). The van der Waals surface area contributed by atoms with Crippen LogP contribution in [0.2, 0.25) is 5.02 Å². The lowest BCUT2D eigenvalue weighted by atomic mass is 10.2. The third kappa shape index (κ3) is 4.50. The largest absolute Gasteiger partial charge is 0.497 e. The fourth-order valence-electron chi connectivity index (χ4n) is 2.44. The van der Waals surface area contributed by atoms with Gasteiger partial charge in [-0.25, -0.2) is 0 Å². The summed E-state index contributed by atoms with van der Waals surface area (Å²) in [6, 6.07) is 14.0. The molecule has 0 aliphatic carbocycles. The summed E-state index contributed by atoms with van der Waals surface area (Å²) in [5.74, 6) is 1.19. The number of nitrogens with one attached hydrogen (secondary N) is 2. The van der Waals surface area contributed by atoms with Crippen LogP contribution in [0.25, 0.3) is 0 Å². The second-order valence-electron chi connectivity index (χ2n) is 5.91. The Bertz CT molecular complexity index is 993. The molecule has 0 atom stereocenters. The number of aromatic nitrogens is 2. The summed E-state index contributed by atoms with van der Waals surface area (Å²) in [4.78, 5) is 12.5. The molecule has 2 aromatic carbocycles. The lowest BCUT2D eigenvalue weighted by Gasteiger charge is -2.11. The molecule has 144 valence electrons. The predicted octanol–water partition coefficient (Wildman–Crippen LogP) is 4.45. The Morgan fingerprint density at radius 2 is 1.82 bits per heavy atom. The zero-order chi connectivity index (χ0) is 20.1. The first-order valence-electron chi connectivity index (χ1n) is 8.40. The first-order chi connectivity index (χ1) is 13.5. The van der Waals surface area contributed by atoms with Crippen molar-refractivity contribution in [3.63, 3.8) is 0 Å². The molecule has 0 radical (unpaired) electrons. The third-order valence-electron chi connectivity index (χ3n) is 4.00. The van der Waals surface area contributed by atoms with E-state index in [1.165, 1.54) is 7.11 Å². The fourth-order valence-corrected chi connectivity index (χ4v) is 2.62. The summed E-state index contributed by atoms with van der Waals surface area (Å²) >= 11 is 6.12. The van der Waals surface area contributed by atoms with Gasteiger partial charge in [0, 0.05) is 16.8 Å². The van der Waals surface area contributed by atoms with E-state index in [1.807, 2.05) is 19.1 Å². The molecule has 1 heterocycles. The van der Waals surface area contributed by atoms with E-state index >= 15 is 0 Å². The van der Waals surface area contributed by atoms with Gasteiger partial charge in [0.25, 0.3) is 5.91 Å². The van der Waals surface area contributed by atoms with E-state index in [4.69, 9.17) is 21.1 Å². The molecular formula is C20H19ClN4O3. The zero-order valence-electron chi connectivity index (χ0n) is 15.6. The second-order valence-corrected chi connectivity index (χ2v) is 6.32. The van der Waals surface area contributed by atoms with Gasteiger partial charge in [-0.1, -0.05) is 17.7 Å². The second kappa shape index (κ2) is 8.58. The molecule has 1 aromatic heterocycles. The van der Waals surface area contributed by atoms with Crippen LogP contribution in [-0.4, -0.2) is 30.3 Å². The number of carbonyl (C=O) groups excluding carboxylic acids is 1. The normalized spacial score (nSPS) is 10.3. The molecule has 2 N–H and O–H groups in total. The Kier molecular flexibility index (Phi) is 5.96. The van der Waals surface area contributed by atoms with Crippen molar-refractivity contribution in [3.8, 4) is 11.5 Å². The van der Waals surface area contributed by atoms with Gasteiger partial charge in [0.2, 0.25) is 0 Å². The first-order valence-corrected chi connectivity index (χ1v) is 8.78. The number of aryl methyl sites for hydroxylation is 1. The molecule has 0 fully saturated rings. The van der Waals surface area contributed by atoms with E-state index in [9.17, 15) is 4.79 Å². The molecule has 0 aliphatic rings. The van der Waals surface area contributed by atoms with Gasteiger partial charge in [0.05, 0.1) is 19.9 Å². The molecule has 7 nitrogen and oxygen atoms in total. The van der Waals surface area contributed by atoms with Crippen molar-refractivity contribution < 1.29 is 14.3 Å². The van der Waals surface area contributed by atoms with E-state index in [0.29, 0.717) is 28.0 Å². The minimum absolute atomic E-state index is 0.164. The van der Waals surface area contributed by atoms with E-state index in [2.05, 4.69) is 20.8 Å². The molecule has 0 aliphatic heterocycles. The Labute approximate surface area is 167 Å². The Morgan fingerprint density at radius 1 is 1.00 bits per heavy atom. The summed E-state index contributed by atoms with van der Waals surface area (Å²) in [7, 11) is 3.07. The lowest BCUT2D eigenvalue weighted by Crippen LogP contribution is -2.15. The molecule has 8 heteroatoms. The maximum atomic E-state index is 12.5. The maximum absolute atomic E-state index is 12.5. The Hall–Kier alpha value is -3.32. The van der Waals surface area contributed by atoms with E-state index < -0.39 is 5.91 Å². The van der Waals surface area contributed by atoms with Crippen LogP contribution < -0.4 is 20.1 Å². The number of halogens is 1. The summed E-state index contributed by atoms with van der Waals surface area (Å²) in [5, 5.41) is 14.5. The van der Waals surface area contributed by atoms with Gasteiger partial charge >= 0.3 is 0 Å². The van der Waals surface area contributed by atoms with Crippen LogP contribution >= 0.6 is 11.6 Å². The Balaban J connectivity index is 1.72. The molecule has 28 heavy (non-hydrogen) atoms. The van der Waals surface area contributed by atoms with Crippen molar-refractivity contribution >= 4 is 34.7 Å². The number of ether oxygens (including phenoxy) is 2. The minimum atomic E-state index is -0.413. The number of nitrogens with zero attached hydrogens (tertiary/aromatic N) is 2. The highest BCUT2D eigenvalue weighted by Gasteiger charge is 2.13. The highest BCUT2D eigenvalue weighted by molar-refractivity contribution is 6.31. The third-order valence-corrected chi connectivity index (χ3v) is 4.40. The molecule has 3 aromatic rings. The van der Waals surface area contributed by atoms with Gasteiger partial charge in [-0.15, -0.1) is 10.2 Å². The topological polar surface area (TPSA) is 85.4 Å². The van der Waals surface area contributed by atoms with Crippen molar-refractivity contribution in [1.29, 1.82) is 0 Å². The number of anilines is 3. The molecule has 1 amide bonds. The smallest absolute Gasteiger partial charge is 0.276 e. The molecule has 0 spiro atoms. The predicted molar refractivity (Wildman–Crippen MR) is 109 cm³/mol. The molecule has 0 saturated heterocycles. The SMILES string of the molecule is COc1ccc(OC)c(NC(=O)c2ccc(Nc3ccc(C)c(Cl)c3)nn2)c1. The van der Waals surface area contributed by atoms with Crippen LogP contribution in [0.15, 0.2) is 48.5 Å². The maximum Gasteiger partial charge on any atom is 0.276 e. The number of rotatable bonds is 6. The number of hydrogen-bond acceptors (Lipinski definition) is 6. The van der Waals surface area contributed by atoms with Crippen molar-refractivity contribution in [2.24, 2.45) is 0 Å². The average Bonchev–Trinajstić information content (AvgIpc) is 2.71. The number of amides is 1. The van der Waals surface area contributed by atoms with Gasteiger partial charge in [-0.2, -0.15) is 0 Å². The number of hydrogen-bond donors (Lipinski definition) is 2. The highest BCUT2D eigenvalue weighted by Crippen LogP contribution is 2.29. The van der Waals surface area contributed by atoms with Gasteiger partial charge < -0.3 is 20.1 Å². The van der Waals surface area contributed by atoms with Gasteiger partial charge in [-0.05, 0) is 48.9 Å². The lowest BCUT2D eigenvalue weighted by molar-refractivity contribution is 0.102. The van der Waals surface area contributed by atoms with Crippen molar-refractivity contribution in [3.05, 3.63) is 64.8 Å². The molecule has 0 saturated carbocycles. The van der Waals surface area contributed by atoms with Crippen LogP contribution in [0.5, 0.6) is 11.5 Å². The van der Waals surface area contributed by atoms with Gasteiger partial charge in [-0.3, -0.25) is 4.79 Å². The van der Waals surface area contributed by atoms with Crippen molar-refractivity contribution in [2.45, 2.75) is 6.92 Å². The van der Waals surface area contributed by atoms with Crippen LogP contribution in [0.1, 0.15) is 16.1 Å². The minimum Gasteiger partial charge on any atom is -0.497 e. The fraction of sp³-hybridized carbons (Fsp3) is 0.150. The van der Waals surface area contributed by atoms with Crippen LogP contribution in [-0.2, 0) is 0 Å². The highest BCUT2D eigenvalue weighted by atomic mass is 35.5. The van der Waals surface area contributed by atoms with Crippen molar-refractivity contribution in [1.82, 2.24) is 10.2 Å². The van der Waals surface area contributed by atoms with Crippen molar-refractivity contribution in [2.75, 3.05) is 24.9 Å². The quantitative estimate of drug-likeness (QED) is 0.638. The number of methoxy groups -OCH3 is 2. The first kappa shape index (κ1) is 19.4. The van der Waals surface area contributed by atoms with E-state index in [0.717, 1.165) is 11.3 Å². The summed E-state index contributed by atoms with van der Waals surface area (Å²) in [6.07, 6.45) is 0. The van der Waals surface area contributed by atoms with Crippen LogP contribution in [0, 0.1) is 6.92 Å². The molecule has 0 unspecified atom stereocenters. The molecule has 0 bridgehead atoms. The average molecular weight is 399 g/mol. The van der Waals surface area contributed by atoms with E-state index in [-0.39, 0.29) is 5.69 Å². The van der Waals surface area contributed by atoms with Gasteiger partial charge in [0.1, 0.15) is 11.5 Å². The van der Waals surface area contributed by atoms with Crippen LogP contribution in [0.3, 0.4) is 0 Å². The number of carbonyl (C=O) groups is 1. The van der Waals surface area contributed by atoms with Crippen LogP contribution in [0.4, 0.5) is 17.2 Å². The molecular weight excluding hydrogens is 380 g/mol. The Morgan fingerprint density at radius 3 is 2.46 bits per heavy atom. The monoisotopic (exact) mass is 398 g/mol. The number of benzene rings is 2.